The molecule has 1 heterocycles. The molecule has 118 valence electrons. The van der Waals surface area contributed by atoms with Gasteiger partial charge in [-0.3, -0.25) is 0 Å². The summed E-state index contributed by atoms with van der Waals surface area (Å²) >= 11 is 0. The van der Waals surface area contributed by atoms with Crippen molar-refractivity contribution in [1.29, 1.82) is 0 Å². The zero-order valence-electron chi connectivity index (χ0n) is 14.0. The molecule has 2 nitrogen and oxygen atoms in total. The second-order valence-corrected chi connectivity index (χ2v) is 6.68. The van der Waals surface area contributed by atoms with Gasteiger partial charge in [-0.1, -0.05) is 20.8 Å². The van der Waals surface area contributed by atoms with Gasteiger partial charge in [0.2, 0.25) is 0 Å². The lowest BCUT2D eigenvalue weighted by Crippen LogP contribution is -2.26. The van der Waals surface area contributed by atoms with Crippen LogP contribution < -0.4 is 10.2 Å². The van der Waals surface area contributed by atoms with Crippen LogP contribution in [0.4, 0.5) is 10.1 Å². The minimum atomic E-state index is -0.0990. The Labute approximate surface area is 128 Å². The van der Waals surface area contributed by atoms with Crippen LogP contribution in [0.3, 0.4) is 0 Å². The van der Waals surface area contributed by atoms with Gasteiger partial charge in [0.25, 0.3) is 0 Å². The molecule has 1 aliphatic rings. The third-order valence-electron chi connectivity index (χ3n) is 4.79. The number of nitrogens with zero attached hydrogens (tertiary/aromatic N) is 1. The fourth-order valence-electron chi connectivity index (χ4n) is 3.27. The summed E-state index contributed by atoms with van der Waals surface area (Å²) in [5, 5.41) is 3.41. The Morgan fingerprint density at radius 3 is 2.62 bits per heavy atom. The molecule has 2 atom stereocenters. The van der Waals surface area contributed by atoms with Gasteiger partial charge in [0.15, 0.2) is 0 Å². The van der Waals surface area contributed by atoms with E-state index in [0.29, 0.717) is 5.92 Å². The molecule has 1 N–H and O–H groups in total. The van der Waals surface area contributed by atoms with Crippen molar-refractivity contribution in [3.05, 3.63) is 29.1 Å². The highest BCUT2D eigenvalue weighted by molar-refractivity contribution is 5.57. The highest BCUT2D eigenvalue weighted by Gasteiger charge is 2.27. The quantitative estimate of drug-likeness (QED) is 0.871. The Balaban J connectivity index is 2.31. The molecular formula is C18H29FN2. The summed E-state index contributed by atoms with van der Waals surface area (Å²) in [7, 11) is 0. The van der Waals surface area contributed by atoms with Crippen LogP contribution >= 0.6 is 0 Å². The van der Waals surface area contributed by atoms with Crippen LogP contribution in [0.5, 0.6) is 0 Å². The van der Waals surface area contributed by atoms with E-state index in [2.05, 4.69) is 37.9 Å². The lowest BCUT2D eigenvalue weighted by atomic mass is 9.95. The first-order valence-electron chi connectivity index (χ1n) is 8.22. The third-order valence-corrected chi connectivity index (χ3v) is 4.79. The first-order valence-corrected chi connectivity index (χ1v) is 8.22. The largest absolute Gasteiger partial charge is 0.371 e. The van der Waals surface area contributed by atoms with Crippen molar-refractivity contribution in [3.8, 4) is 0 Å². The Hall–Kier alpha value is -1.09. The summed E-state index contributed by atoms with van der Waals surface area (Å²) in [4.78, 5) is 2.44. The fourth-order valence-corrected chi connectivity index (χ4v) is 3.27. The van der Waals surface area contributed by atoms with Crippen LogP contribution in [0.1, 0.15) is 51.3 Å². The van der Waals surface area contributed by atoms with Gasteiger partial charge in [-0.2, -0.15) is 0 Å². The highest BCUT2D eigenvalue weighted by atomic mass is 19.1. The number of halogens is 1. The second-order valence-electron chi connectivity index (χ2n) is 6.68. The molecule has 2 unspecified atom stereocenters. The Kier molecular flexibility index (Phi) is 5.26. The first-order chi connectivity index (χ1) is 9.93. The van der Waals surface area contributed by atoms with Gasteiger partial charge in [-0.25, -0.2) is 4.39 Å². The summed E-state index contributed by atoms with van der Waals surface area (Å²) in [6.45, 7) is 13.7. The molecule has 0 aliphatic carbocycles. The monoisotopic (exact) mass is 292 g/mol. The topological polar surface area (TPSA) is 15.3 Å². The normalized spacial score (nSPS) is 20.3. The van der Waals surface area contributed by atoms with E-state index < -0.39 is 0 Å². The average Bonchev–Trinajstić information content (AvgIpc) is 2.91. The lowest BCUT2D eigenvalue weighted by Gasteiger charge is -2.26. The molecule has 21 heavy (non-hydrogen) atoms. The maximum absolute atomic E-state index is 14.0. The first kappa shape index (κ1) is 16.3. The van der Waals surface area contributed by atoms with Crippen molar-refractivity contribution < 1.29 is 4.39 Å². The van der Waals surface area contributed by atoms with E-state index in [1.54, 1.807) is 6.07 Å². The molecule has 0 amide bonds. The number of aryl methyl sites for hydroxylation is 1. The highest BCUT2D eigenvalue weighted by Crippen LogP contribution is 2.34. The Morgan fingerprint density at radius 1 is 1.33 bits per heavy atom. The number of benzene rings is 1. The van der Waals surface area contributed by atoms with Crippen LogP contribution in [0.2, 0.25) is 0 Å². The molecule has 2 rings (SSSR count). The molecular weight excluding hydrogens is 263 g/mol. The molecule has 1 aromatic rings. The van der Waals surface area contributed by atoms with Crippen LogP contribution in [0, 0.1) is 24.6 Å². The van der Waals surface area contributed by atoms with Crippen molar-refractivity contribution in [1.82, 2.24) is 5.32 Å². The molecule has 0 spiro atoms. The zero-order chi connectivity index (χ0) is 15.6. The van der Waals surface area contributed by atoms with Crippen molar-refractivity contribution in [3.63, 3.8) is 0 Å². The molecule has 1 aliphatic heterocycles. The minimum Gasteiger partial charge on any atom is -0.371 e. The van der Waals surface area contributed by atoms with Crippen LogP contribution in [0.25, 0.3) is 0 Å². The third kappa shape index (κ3) is 3.57. The van der Waals surface area contributed by atoms with Gasteiger partial charge in [-0.05, 0) is 61.9 Å². The molecule has 1 fully saturated rings. The minimum absolute atomic E-state index is 0.0990. The smallest absolute Gasteiger partial charge is 0.126 e. The van der Waals surface area contributed by atoms with Gasteiger partial charge < -0.3 is 10.2 Å². The van der Waals surface area contributed by atoms with Crippen LogP contribution in [-0.2, 0) is 0 Å². The Morgan fingerprint density at radius 2 is 2.05 bits per heavy atom. The van der Waals surface area contributed by atoms with Crippen LogP contribution in [-0.4, -0.2) is 19.6 Å². The van der Waals surface area contributed by atoms with Crippen molar-refractivity contribution >= 4 is 5.69 Å². The summed E-state index contributed by atoms with van der Waals surface area (Å²) in [5.41, 5.74) is 3.04. The number of hydrogen-bond acceptors (Lipinski definition) is 2. The van der Waals surface area contributed by atoms with E-state index in [1.165, 1.54) is 12.1 Å². The molecule has 1 aromatic carbocycles. The predicted octanol–water partition coefficient (Wildman–Crippen LogP) is 4.29. The molecule has 0 aromatic heterocycles. The SMILES string of the molecule is CCNC(C)c1cc(F)c(C)cc1N1CCC(C(C)C)C1. The second kappa shape index (κ2) is 6.78. The molecule has 0 radical (unpaired) electrons. The van der Waals surface area contributed by atoms with Gasteiger partial charge in [-0.15, -0.1) is 0 Å². The average molecular weight is 292 g/mol. The molecule has 0 saturated carbocycles. The maximum atomic E-state index is 14.0. The number of hydrogen-bond donors (Lipinski definition) is 1. The molecule has 1 saturated heterocycles. The van der Waals surface area contributed by atoms with Gasteiger partial charge in [0.05, 0.1) is 0 Å². The molecule has 0 bridgehead atoms. The zero-order valence-corrected chi connectivity index (χ0v) is 14.0. The fraction of sp³-hybridized carbons (Fsp3) is 0.667. The number of anilines is 1. The number of rotatable bonds is 5. The van der Waals surface area contributed by atoms with E-state index in [-0.39, 0.29) is 11.9 Å². The standard InChI is InChI=1S/C18H29FN2/c1-6-20-14(5)16-10-17(19)13(4)9-18(16)21-8-7-15(11-21)12(2)3/h9-10,12,14-15,20H,6-8,11H2,1-5H3. The Bertz CT molecular complexity index is 484. The lowest BCUT2D eigenvalue weighted by molar-refractivity contribution is 0.422. The summed E-state index contributed by atoms with van der Waals surface area (Å²) < 4.78 is 14.0. The van der Waals surface area contributed by atoms with E-state index in [9.17, 15) is 4.39 Å². The van der Waals surface area contributed by atoms with Gasteiger partial charge in [0, 0.05) is 24.8 Å². The van der Waals surface area contributed by atoms with E-state index in [1.807, 2.05) is 13.0 Å². The van der Waals surface area contributed by atoms with Crippen LogP contribution in [0.15, 0.2) is 12.1 Å². The van der Waals surface area contributed by atoms with E-state index in [0.717, 1.165) is 36.7 Å². The summed E-state index contributed by atoms with van der Waals surface area (Å²) in [5.74, 6) is 1.36. The van der Waals surface area contributed by atoms with Crippen molar-refractivity contribution in [2.45, 2.75) is 47.1 Å². The summed E-state index contributed by atoms with van der Waals surface area (Å²) in [6, 6.07) is 3.93. The van der Waals surface area contributed by atoms with Crippen molar-refractivity contribution in [2.75, 3.05) is 24.5 Å². The summed E-state index contributed by atoms with van der Waals surface area (Å²) in [6.07, 6.45) is 1.24. The molecule has 3 heteroatoms. The maximum Gasteiger partial charge on any atom is 0.126 e. The van der Waals surface area contributed by atoms with Gasteiger partial charge in [0.1, 0.15) is 5.82 Å². The number of nitrogens with one attached hydrogen (secondary N) is 1. The van der Waals surface area contributed by atoms with Crippen molar-refractivity contribution in [2.24, 2.45) is 11.8 Å². The van der Waals surface area contributed by atoms with E-state index >= 15 is 0 Å². The van der Waals surface area contributed by atoms with Gasteiger partial charge >= 0.3 is 0 Å². The van der Waals surface area contributed by atoms with E-state index in [4.69, 9.17) is 0 Å². The predicted molar refractivity (Wildman–Crippen MR) is 88.4 cm³/mol.